The molecule has 4 nitrogen and oxygen atoms in total. The van der Waals surface area contributed by atoms with E-state index in [1.165, 1.54) is 0 Å². The Morgan fingerprint density at radius 1 is 1.20 bits per heavy atom. The highest BCUT2D eigenvalue weighted by molar-refractivity contribution is 5.95. The second-order valence-electron chi connectivity index (χ2n) is 5.32. The first kappa shape index (κ1) is 16.5. The molecule has 0 aliphatic carbocycles. The number of hydrogen-bond acceptors (Lipinski definition) is 3. The van der Waals surface area contributed by atoms with Crippen molar-refractivity contribution < 1.29 is 4.79 Å². The molecule has 4 heteroatoms. The van der Waals surface area contributed by atoms with Gasteiger partial charge in [-0.2, -0.15) is 0 Å². The molecule has 0 spiro atoms. The summed E-state index contributed by atoms with van der Waals surface area (Å²) >= 11 is 0. The number of pyridine rings is 1. The van der Waals surface area contributed by atoms with Crippen LogP contribution in [0.4, 0.5) is 5.82 Å². The maximum atomic E-state index is 12.5. The number of aryl methyl sites for hydroxylation is 1. The van der Waals surface area contributed by atoms with Crippen LogP contribution in [0.2, 0.25) is 0 Å². The Kier molecular flexibility index (Phi) is 5.99. The minimum Gasteiger partial charge on any atom is -0.384 e. The molecule has 0 unspecified atom stereocenters. The number of amides is 1. The predicted molar refractivity (Wildman–Crippen MR) is 83.7 cm³/mol. The van der Waals surface area contributed by atoms with E-state index in [1.54, 1.807) is 6.07 Å². The van der Waals surface area contributed by atoms with Crippen molar-refractivity contribution >= 4 is 11.7 Å². The Morgan fingerprint density at radius 3 is 2.30 bits per heavy atom. The van der Waals surface area contributed by atoms with E-state index in [9.17, 15) is 4.79 Å². The third-order valence-electron chi connectivity index (χ3n) is 4.08. The topological polar surface area (TPSA) is 68.0 Å². The Hall–Kier alpha value is -1.58. The first-order chi connectivity index (χ1) is 9.50. The molecule has 0 saturated carbocycles. The number of anilines is 1. The zero-order chi connectivity index (χ0) is 15.2. The molecule has 1 aromatic heterocycles. The number of nitrogen functional groups attached to an aromatic ring is 1. The molecule has 1 aromatic rings. The van der Waals surface area contributed by atoms with E-state index in [-0.39, 0.29) is 11.4 Å². The van der Waals surface area contributed by atoms with Gasteiger partial charge >= 0.3 is 0 Å². The summed E-state index contributed by atoms with van der Waals surface area (Å²) in [6.45, 7) is 8.41. The molecule has 1 rings (SSSR count). The molecule has 0 aliphatic heterocycles. The second kappa shape index (κ2) is 7.27. The number of carbonyl (C=O) groups excluding carboxylic acids is 1. The van der Waals surface area contributed by atoms with Crippen molar-refractivity contribution in [3.05, 3.63) is 23.4 Å². The van der Waals surface area contributed by atoms with Crippen LogP contribution < -0.4 is 11.1 Å². The highest BCUT2D eigenvalue weighted by atomic mass is 16.1. The molecule has 0 radical (unpaired) electrons. The quantitative estimate of drug-likeness (QED) is 0.803. The van der Waals surface area contributed by atoms with Crippen LogP contribution in [0.15, 0.2) is 12.1 Å². The number of nitrogens with two attached hydrogens (primary N) is 1. The lowest BCUT2D eigenvalue weighted by molar-refractivity contribution is 0.0888. The SMILES string of the molecule is CCCc1cc(C(=O)NC(CC)(CC)CC)cc(N)n1. The minimum atomic E-state index is -0.125. The van der Waals surface area contributed by atoms with E-state index in [0.29, 0.717) is 11.4 Å². The molecule has 20 heavy (non-hydrogen) atoms. The third kappa shape index (κ3) is 3.95. The molecule has 0 bridgehead atoms. The summed E-state index contributed by atoms with van der Waals surface area (Å²) in [6, 6.07) is 3.50. The zero-order valence-electron chi connectivity index (χ0n) is 13.1. The molecule has 1 amide bonds. The summed E-state index contributed by atoms with van der Waals surface area (Å²) in [4.78, 5) is 16.7. The highest BCUT2D eigenvalue weighted by Gasteiger charge is 2.26. The Balaban J connectivity index is 2.97. The molecule has 3 N–H and O–H groups in total. The van der Waals surface area contributed by atoms with E-state index in [1.807, 2.05) is 6.07 Å². The Morgan fingerprint density at radius 2 is 1.80 bits per heavy atom. The molecule has 0 atom stereocenters. The largest absolute Gasteiger partial charge is 0.384 e. The summed E-state index contributed by atoms with van der Waals surface area (Å²) in [5, 5.41) is 3.17. The Labute approximate surface area is 122 Å². The van der Waals surface area contributed by atoms with Gasteiger partial charge in [0.2, 0.25) is 0 Å². The van der Waals surface area contributed by atoms with Gasteiger partial charge in [0.05, 0.1) is 0 Å². The molecule has 0 aliphatic rings. The molecule has 0 aromatic carbocycles. The third-order valence-corrected chi connectivity index (χ3v) is 4.08. The monoisotopic (exact) mass is 277 g/mol. The fourth-order valence-corrected chi connectivity index (χ4v) is 2.45. The van der Waals surface area contributed by atoms with Gasteiger partial charge in [0.15, 0.2) is 0 Å². The van der Waals surface area contributed by atoms with Crippen LogP contribution in [0.5, 0.6) is 0 Å². The number of carbonyl (C=O) groups is 1. The van der Waals surface area contributed by atoms with Gasteiger partial charge in [0.25, 0.3) is 5.91 Å². The van der Waals surface area contributed by atoms with Crippen LogP contribution in [0.25, 0.3) is 0 Å². The first-order valence-electron chi connectivity index (χ1n) is 7.59. The highest BCUT2D eigenvalue weighted by Crippen LogP contribution is 2.20. The second-order valence-corrected chi connectivity index (χ2v) is 5.32. The van der Waals surface area contributed by atoms with E-state index in [2.05, 4.69) is 38.0 Å². The van der Waals surface area contributed by atoms with Gasteiger partial charge in [0, 0.05) is 16.8 Å². The van der Waals surface area contributed by atoms with Gasteiger partial charge in [-0.25, -0.2) is 4.98 Å². The van der Waals surface area contributed by atoms with Crippen molar-refractivity contribution in [3.63, 3.8) is 0 Å². The van der Waals surface area contributed by atoms with Gasteiger partial charge < -0.3 is 11.1 Å². The standard InChI is InChI=1S/C16H27N3O/c1-5-9-13-10-12(11-14(17)18-13)15(20)19-16(6-2,7-3)8-4/h10-11H,5-9H2,1-4H3,(H2,17,18)(H,19,20). The molecule has 1 heterocycles. The lowest BCUT2D eigenvalue weighted by atomic mass is 9.89. The molecule has 0 saturated heterocycles. The molecule has 112 valence electrons. The van der Waals surface area contributed by atoms with Crippen molar-refractivity contribution in [3.8, 4) is 0 Å². The average Bonchev–Trinajstić information content (AvgIpc) is 2.44. The van der Waals surface area contributed by atoms with E-state index in [4.69, 9.17) is 5.73 Å². The van der Waals surface area contributed by atoms with E-state index >= 15 is 0 Å². The lowest BCUT2D eigenvalue weighted by Gasteiger charge is -2.31. The predicted octanol–water partition coefficient (Wildman–Crippen LogP) is 3.31. The lowest BCUT2D eigenvalue weighted by Crippen LogP contribution is -2.47. The average molecular weight is 277 g/mol. The fraction of sp³-hybridized carbons (Fsp3) is 0.625. The van der Waals surface area contributed by atoms with Crippen molar-refractivity contribution in [1.82, 2.24) is 10.3 Å². The summed E-state index contributed by atoms with van der Waals surface area (Å²) in [5.41, 5.74) is 7.17. The molecular weight excluding hydrogens is 250 g/mol. The van der Waals surface area contributed by atoms with Crippen LogP contribution in [0.3, 0.4) is 0 Å². The maximum Gasteiger partial charge on any atom is 0.251 e. The van der Waals surface area contributed by atoms with Crippen molar-refractivity contribution in [2.24, 2.45) is 0 Å². The summed E-state index contributed by atoms with van der Waals surface area (Å²) in [6.07, 6.45) is 4.60. The normalized spacial score (nSPS) is 11.4. The smallest absolute Gasteiger partial charge is 0.251 e. The first-order valence-corrected chi connectivity index (χ1v) is 7.59. The number of rotatable bonds is 7. The number of hydrogen-bond donors (Lipinski definition) is 2. The summed E-state index contributed by atoms with van der Waals surface area (Å²) in [7, 11) is 0. The minimum absolute atomic E-state index is 0.0537. The van der Waals surface area contributed by atoms with Crippen molar-refractivity contribution in [2.75, 3.05) is 5.73 Å². The summed E-state index contributed by atoms with van der Waals surface area (Å²) in [5.74, 6) is 0.359. The number of nitrogens with one attached hydrogen (secondary N) is 1. The van der Waals surface area contributed by atoms with Gasteiger partial charge in [-0.15, -0.1) is 0 Å². The number of nitrogens with zero attached hydrogens (tertiary/aromatic N) is 1. The maximum absolute atomic E-state index is 12.5. The van der Waals surface area contributed by atoms with Crippen LogP contribution in [0, 0.1) is 0 Å². The molecule has 0 fully saturated rings. The van der Waals surface area contributed by atoms with Crippen LogP contribution in [-0.4, -0.2) is 16.4 Å². The fourth-order valence-electron chi connectivity index (χ4n) is 2.45. The zero-order valence-corrected chi connectivity index (χ0v) is 13.1. The van der Waals surface area contributed by atoms with E-state index < -0.39 is 0 Å². The molecular formula is C16H27N3O. The van der Waals surface area contributed by atoms with Gasteiger partial charge in [0.1, 0.15) is 5.82 Å². The van der Waals surface area contributed by atoms with Crippen molar-refractivity contribution in [2.45, 2.75) is 65.3 Å². The van der Waals surface area contributed by atoms with Crippen molar-refractivity contribution in [1.29, 1.82) is 0 Å². The van der Waals surface area contributed by atoms with Gasteiger partial charge in [-0.05, 0) is 37.8 Å². The van der Waals surface area contributed by atoms with Gasteiger partial charge in [-0.1, -0.05) is 34.1 Å². The number of aromatic nitrogens is 1. The van der Waals surface area contributed by atoms with Crippen LogP contribution in [-0.2, 0) is 6.42 Å². The van der Waals surface area contributed by atoms with Crippen LogP contribution in [0.1, 0.15) is 69.4 Å². The Bertz CT molecular complexity index is 445. The van der Waals surface area contributed by atoms with Gasteiger partial charge in [-0.3, -0.25) is 4.79 Å². The van der Waals surface area contributed by atoms with E-state index in [0.717, 1.165) is 37.8 Å². The van der Waals surface area contributed by atoms with Crippen LogP contribution >= 0.6 is 0 Å². The summed E-state index contributed by atoms with van der Waals surface area (Å²) < 4.78 is 0.